The number of amides is 1. The number of aromatic nitrogens is 4. The van der Waals surface area contributed by atoms with Crippen LogP contribution >= 0.6 is 11.8 Å². The van der Waals surface area contributed by atoms with Crippen LogP contribution in [0.25, 0.3) is 17.1 Å². The van der Waals surface area contributed by atoms with Crippen molar-refractivity contribution in [1.29, 1.82) is 0 Å². The van der Waals surface area contributed by atoms with Gasteiger partial charge in [0.2, 0.25) is 5.91 Å². The molecule has 0 spiro atoms. The highest BCUT2D eigenvalue weighted by Gasteiger charge is 2.18. The van der Waals surface area contributed by atoms with Gasteiger partial charge in [0.1, 0.15) is 5.76 Å². The van der Waals surface area contributed by atoms with Crippen LogP contribution in [-0.4, -0.2) is 31.4 Å². The molecule has 1 aromatic carbocycles. The zero-order valence-electron chi connectivity index (χ0n) is 16.6. The van der Waals surface area contributed by atoms with E-state index in [1.54, 1.807) is 24.7 Å². The van der Waals surface area contributed by atoms with E-state index in [9.17, 15) is 4.79 Å². The molecule has 0 fully saturated rings. The van der Waals surface area contributed by atoms with Crippen molar-refractivity contribution in [2.24, 2.45) is 0 Å². The summed E-state index contributed by atoms with van der Waals surface area (Å²) in [5.41, 5.74) is 3.00. The number of nitrogens with one attached hydrogen (secondary N) is 1. The van der Waals surface area contributed by atoms with Gasteiger partial charge in [-0.3, -0.25) is 14.3 Å². The number of carbonyl (C=O) groups is 1. The summed E-state index contributed by atoms with van der Waals surface area (Å²) in [5, 5.41) is 12.3. The zero-order chi connectivity index (χ0) is 20.9. The number of pyridine rings is 1. The van der Waals surface area contributed by atoms with Crippen LogP contribution in [0.5, 0.6) is 0 Å². The molecule has 1 unspecified atom stereocenters. The molecule has 0 saturated carbocycles. The SMILES string of the molecule is Cc1ccc(-n2c(SCC(=O)NC(C)c3ccco3)nnc2-c2ccncc2)cc1. The molecule has 30 heavy (non-hydrogen) atoms. The molecular weight excluding hydrogens is 398 g/mol. The summed E-state index contributed by atoms with van der Waals surface area (Å²) in [4.78, 5) is 16.5. The molecule has 0 radical (unpaired) electrons. The van der Waals surface area contributed by atoms with Crippen LogP contribution in [0.3, 0.4) is 0 Å². The Bertz CT molecular complexity index is 1110. The van der Waals surface area contributed by atoms with Gasteiger partial charge >= 0.3 is 0 Å². The highest BCUT2D eigenvalue weighted by molar-refractivity contribution is 7.99. The van der Waals surface area contributed by atoms with Crippen LogP contribution in [-0.2, 0) is 4.79 Å². The predicted octanol–water partition coefficient (Wildman–Crippen LogP) is 4.20. The molecule has 0 aliphatic rings. The van der Waals surface area contributed by atoms with Crippen LogP contribution in [0.4, 0.5) is 0 Å². The fraction of sp³-hybridized carbons (Fsp3) is 0.182. The molecule has 8 heteroatoms. The van der Waals surface area contributed by atoms with Crippen LogP contribution in [0, 0.1) is 6.92 Å². The van der Waals surface area contributed by atoms with Crippen LogP contribution in [0.1, 0.15) is 24.3 Å². The predicted molar refractivity (Wildman–Crippen MR) is 115 cm³/mol. The van der Waals surface area contributed by atoms with Gasteiger partial charge in [0.25, 0.3) is 0 Å². The highest BCUT2D eigenvalue weighted by atomic mass is 32.2. The molecule has 3 aromatic heterocycles. The third-order valence-corrected chi connectivity index (χ3v) is 5.47. The first-order chi connectivity index (χ1) is 14.6. The van der Waals surface area contributed by atoms with Gasteiger partial charge in [-0.05, 0) is 50.2 Å². The number of hydrogen-bond donors (Lipinski definition) is 1. The Balaban J connectivity index is 1.56. The van der Waals surface area contributed by atoms with Crippen molar-refractivity contribution in [3.63, 3.8) is 0 Å². The maximum Gasteiger partial charge on any atom is 0.231 e. The lowest BCUT2D eigenvalue weighted by molar-refractivity contribution is -0.119. The number of nitrogens with zero attached hydrogens (tertiary/aromatic N) is 4. The number of furan rings is 1. The molecule has 3 heterocycles. The van der Waals surface area contributed by atoms with Gasteiger partial charge < -0.3 is 9.73 Å². The van der Waals surface area contributed by atoms with E-state index >= 15 is 0 Å². The van der Waals surface area contributed by atoms with Gasteiger partial charge in [-0.15, -0.1) is 10.2 Å². The van der Waals surface area contributed by atoms with Crippen LogP contribution in [0.2, 0.25) is 0 Å². The fourth-order valence-corrected chi connectivity index (χ4v) is 3.76. The van der Waals surface area contributed by atoms with Crippen molar-refractivity contribution >= 4 is 17.7 Å². The number of benzene rings is 1. The second-order valence-corrected chi connectivity index (χ2v) is 7.75. The summed E-state index contributed by atoms with van der Waals surface area (Å²) in [6, 6.07) is 15.3. The molecule has 0 aliphatic carbocycles. The lowest BCUT2D eigenvalue weighted by Crippen LogP contribution is -2.28. The molecule has 7 nitrogen and oxygen atoms in total. The van der Waals surface area contributed by atoms with Crippen molar-refractivity contribution < 1.29 is 9.21 Å². The molecule has 152 valence electrons. The molecule has 1 amide bonds. The highest BCUT2D eigenvalue weighted by Crippen LogP contribution is 2.28. The van der Waals surface area contributed by atoms with Gasteiger partial charge in [0, 0.05) is 23.6 Å². The first-order valence-corrected chi connectivity index (χ1v) is 10.5. The van der Waals surface area contributed by atoms with Crippen molar-refractivity contribution in [3.05, 3.63) is 78.5 Å². The van der Waals surface area contributed by atoms with Gasteiger partial charge in [-0.2, -0.15) is 0 Å². The van der Waals surface area contributed by atoms with Crippen LogP contribution < -0.4 is 5.32 Å². The Kier molecular flexibility index (Phi) is 5.94. The third-order valence-electron chi connectivity index (χ3n) is 4.54. The zero-order valence-corrected chi connectivity index (χ0v) is 17.5. The van der Waals surface area contributed by atoms with E-state index in [0.717, 1.165) is 22.6 Å². The lowest BCUT2D eigenvalue weighted by atomic mass is 10.2. The van der Waals surface area contributed by atoms with Gasteiger partial charge in [0.15, 0.2) is 11.0 Å². The molecule has 0 bridgehead atoms. The summed E-state index contributed by atoms with van der Waals surface area (Å²) < 4.78 is 7.31. The minimum absolute atomic E-state index is 0.104. The van der Waals surface area contributed by atoms with E-state index in [1.165, 1.54) is 11.8 Å². The Morgan fingerprint density at radius 2 is 1.90 bits per heavy atom. The molecule has 0 aliphatic heterocycles. The molecule has 4 aromatic rings. The van der Waals surface area contributed by atoms with Crippen molar-refractivity contribution in [1.82, 2.24) is 25.1 Å². The number of hydrogen-bond acceptors (Lipinski definition) is 6. The summed E-state index contributed by atoms with van der Waals surface area (Å²) in [6.45, 7) is 3.93. The summed E-state index contributed by atoms with van der Waals surface area (Å²) in [5.74, 6) is 1.53. The fourth-order valence-electron chi connectivity index (χ4n) is 3.00. The van der Waals surface area contributed by atoms with E-state index < -0.39 is 0 Å². The number of rotatable bonds is 7. The van der Waals surface area contributed by atoms with Crippen molar-refractivity contribution in [2.45, 2.75) is 25.0 Å². The van der Waals surface area contributed by atoms with E-state index in [1.807, 2.05) is 60.9 Å². The first-order valence-electron chi connectivity index (χ1n) is 9.50. The summed E-state index contributed by atoms with van der Waals surface area (Å²) in [6.07, 6.45) is 5.04. The van der Waals surface area contributed by atoms with Gasteiger partial charge in [-0.1, -0.05) is 29.5 Å². The van der Waals surface area contributed by atoms with Crippen molar-refractivity contribution in [3.8, 4) is 17.1 Å². The average molecular weight is 420 g/mol. The largest absolute Gasteiger partial charge is 0.467 e. The molecule has 1 atom stereocenters. The summed E-state index contributed by atoms with van der Waals surface area (Å²) >= 11 is 1.34. The second kappa shape index (κ2) is 8.96. The van der Waals surface area contributed by atoms with Gasteiger partial charge in [-0.25, -0.2) is 0 Å². The Morgan fingerprint density at radius 3 is 2.60 bits per heavy atom. The first kappa shape index (κ1) is 19.9. The van der Waals surface area contributed by atoms with E-state index in [4.69, 9.17) is 4.42 Å². The molecule has 0 saturated heterocycles. The topological polar surface area (TPSA) is 85.8 Å². The smallest absolute Gasteiger partial charge is 0.231 e. The number of thioether (sulfide) groups is 1. The lowest BCUT2D eigenvalue weighted by Gasteiger charge is -2.12. The van der Waals surface area contributed by atoms with E-state index in [2.05, 4.69) is 20.5 Å². The summed E-state index contributed by atoms with van der Waals surface area (Å²) in [7, 11) is 0. The number of aryl methyl sites for hydroxylation is 1. The van der Waals surface area contributed by atoms with E-state index in [0.29, 0.717) is 11.0 Å². The maximum atomic E-state index is 12.5. The van der Waals surface area contributed by atoms with Gasteiger partial charge in [0.05, 0.1) is 18.1 Å². The average Bonchev–Trinajstić information content (AvgIpc) is 3.44. The third kappa shape index (κ3) is 4.44. The standard InChI is InChI=1S/C22H21N5O2S/c1-15-5-7-18(8-6-15)27-21(17-9-11-23-12-10-17)25-26-22(27)30-14-20(28)24-16(2)19-4-3-13-29-19/h3-13,16H,14H2,1-2H3,(H,24,28). The Hall–Kier alpha value is -3.39. The second-order valence-electron chi connectivity index (χ2n) is 6.81. The molecule has 4 rings (SSSR count). The Morgan fingerprint density at radius 1 is 1.13 bits per heavy atom. The van der Waals surface area contributed by atoms with E-state index in [-0.39, 0.29) is 17.7 Å². The monoisotopic (exact) mass is 419 g/mol. The molecule has 1 N–H and O–H groups in total. The van der Waals surface area contributed by atoms with Crippen molar-refractivity contribution in [2.75, 3.05) is 5.75 Å². The minimum atomic E-state index is -0.199. The Labute approximate surface area is 178 Å². The minimum Gasteiger partial charge on any atom is -0.467 e. The number of carbonyl (C=O) groups excluding carboxylic acids is 1. The maximum absolute atomic E-state index is 12.5. The normalized spacial score (nSPS) is 11.9. The quantitative estimate of drug-likeness (QED) is 0.452. The molecular formula is C22H21N5O2S. The van der Waals surface area contributed by atoms with Crippen LogP contribution in [0.15, 0.2) is 76.8 Å².